The van der Waals surface area contributed by atoms with Crippen molar-refractivity contribution in [1.29, 1.82) is 0 Å². The average Bonchev–Trinajstić information content (AvgIpc) is 2.16. The van der Waals surface area contributed by atoms with Gasteiger partial charge >= 0.3 is 0 Å². The van der Waals surface area contributed by atoms with Crippen LogP contribution in [0.4, 0.5) is 0 Å². The quantitative estimate of drug-likeness (QED) is 0.645. The SMILES string of the molecule is CC(C)(C)NC(=O)CCNC1=NCCCN1. The molecule has 0 atom stereocenters. The van der Waals surface area contributed by atoms with Crippen LogP contribution in [0.2, 0.25) is 0 Å². The van der Waals surface area contributed by atoms with Gasteiger partial charge in [-0.25, -0.2) is 0 Å². The summed E-state index contributed by atoms with van der Waals surface area (Å²) >= 11 is 0. The minimum Gasteiger partial charge on any atom is -0.356 e. The van der Waals surface area contributed by atoms with Gasteiger partial charge in [-0.05, 0) is 27.2 Å². The van der Waals surface area contributed by atoms with Crippen LogP contribution in [-0.4, -0.2) is 37.0 Å². The lowest BCUT2D eigenvalue weighted by atomic mass is 10.1. The number of rotatable bonds is 3. The Balaban J connectivity index is 2.15. The molecule has 0 aliphatic carbocycles. The fraction of sp³-hybridized carbons (Fsp3) is 0.818. The van der Waals surface area contributed by atoms with Crippen molar-refractivity contribution in [3.8, 4) is 0 Å². The monoisotopic (exact) mass is 226 g/mol. The lowest BCUT2D eigenvalue weighted by molar-refractivity contribution is -0.122. The summed E-state index contributed by atoms with van der Waals surface area (Å²) < 4.78 is 0. The molecule has 0 unspecified atom stereocenters. The number of nitrogens with zero attached hydrogens (tertiary/aromatic N) is 1. The number of carbonyl (C=O) groups is 1. The van der Waals surface area contributed by atoms with Crippen molar-refractivity contribution in [3.63, 3.8) is 0 Å². The normalized spacial score (nSPS) is 16.1. The van der Waals surface area contributed by atoms with Gasteiger partial charge in [0.15, 0.2) is 5.96 Å². The van der Waals surface area contributed by atoms with Gasteiger partial charge in [0.2, 0.25) is 5.91 Å². The molecule has 16 heavy (non-hydrogen) atoms. The second kappa shape index (κ2) is 5.72. The van der Waals surface area contributed by atoms with E-state index in [0.717, 1.165) is 25.5 Å². The molecule has 92 valence electrons. The molecular formula is C11H22N4O. The van der Waals surface area contributed by atoms with Crippen LogP contribution in [0, 0.1) is 0 Å². The van der Waals surface area contributed by atoms with E-state index in [2.05, 4.69) is 20.9 Å². The van der Waals surface area contributed by atoms with Crippen molar-refractivity contribution >= 4 is 11.9 Å². The van der Waals surface area contributed by atoms with Gasteiger partial charge in [-0.1, -0.05) is 0 Å². The van der Waals surface area contributed by atoms with E-state index in [-0.39, 0.29) is 11.4 Å². The van der Waals surface area contributed by atoms with Crippen molar-refractivity contribution < 1.29 is 4.79 Å². The molecule has 0 fully saturated rings. The first-order valence-corrected chi connectivity index (χ1v) is 5.80. The summed E-state index contributed by atoms with van der Waals surface area (Å²) in [5, 5.41) is 9.18. The van der Waals surface area contributed by atoms with E-state index in [9.17, 15) is 4.79 Å². The Morgan fingerprint density at radius 1 is 1.50 bits per heavy atom. The van der Waals surface area contributed by atoms with Gasteiger partial charge < -0.3 is 16.0 Å². The molecule has 0 spiro atoms. The lowest BCUT2D eigenvalue weighted by Gasteiger charge is -2.21. The van der Waals surface area contributed by atoms with Crippen LogP contribution in [0.1, 0.15) is 33.6 Å². The summed E-state index contributed by atoms with van der Waals surface area (Å²) in [6.07, 6.45) is 1.55. The van der Waals surface area contributed by atoms with Crippen LogP contribution < -0.4 is 16.0 Å². The third kappa shape index (κ3) is 5.58. The third-order valence-electron chi connectivity index (χ3n) is 2.06. The van der Waals surface area contributed by atoms with E-state index in [0.29, 0.717) is 13.0 Å². The molecule has 1 aliphatic rings. The highest BCUT2D eigenvalue weighted by Gasteiger charge is 2.13. The number of aliphatic imine (C=N–C) groups is 1. The first-order valence-electron chi connectivity index (χ1n) is 5.80. The van der Waals surface area contributed by atoms with Crippen molar-refractivity contribution in [2.45, 2.75) is 39.2 Å². The molecular weight excluding hydrogens is 204 g/mol. The minimum absolute atomic E-state index is 0.0661. The first kappa shape index (κ1) is 12.8. The maximum atomic E-state index is 11.5. The van der Waals surface area contributed by atoms with Crippen LogP contribution >= 0.6 is 0 Å². The van der Waals surface area contributed by atoms with E-state index < -0.39 is 0 Å². The summed E-state index contributed by atoms with van der Waals surface area (Å²) in [4.78, 5) is 15.8. The molecule has 3 N–H and O–H groups in total. The predicted molar refractivity (Wildman–Crippen MR) is 65.4 cm³/mol. The Labute approximate surface area is 97.1 Å². The Morgan fingerprint density at radius 3 is 2.81 bits per heavy atom. The molecule has 1 amide bonds. The Morgan fingerprint density at radius 2 is 2.25 bits per heavy atom. The topological polar surface area (TPSA) is 65.5 Å². The van der Waals surface area contributed by atoms with Crippen molar-refractivity contribution in [2.24, 2.45) is 4.99 Å². The van der Waals surface area contributed by atoms with E-state index >= 15 is 0 Å². The highest BCUT2D eigenvalue weighted by atomic mass is 16.1. The van der Waals surface area contributed by atoms with Crippen LogP contribution in [0.5, 0.6) is 0 Å². The number of hydrogen-bond acceptors (Lipinski definition) is 4. The standard InChI is InChI=1S/C11H22N4O/c1-11(2,3)15-9(16)5-8-14-10-12-6-4-7-13-10/h4-8H2,1-3H3,(H,15,16)(H2,12,13,14). The van der Waals surface area contributed by atoms with Gasteiger partial charge in [0.25, 0.3) is 0 Å². The molecule has 0 saturated heterocycles. The molecule has 0 saturated carbocycles. The maximum absolute atomic E-state index is 11.5. The largest absolute Gasteiger partial charge is 0.356 e. The molecule has 1 heterocycles. The lowest BCUT2D eigenvalue weighted by Crippen LogP contribution is -2.44. The van der Waals surface area contributed by atoms with Crippen LogP contribution in [0.15, 0.2) is 4.99 Å². The van der Waals surface area contributed by atoms with E-state index in [1.165, 1.54) is 0 Å². The highest BCUT2D eigenvalue weighted by Crippen LogP contribution is 1.98. The van der Waals surface area contributed by atoms with Gasteiger partial charge in [0.1, 0.15) is 0 Å². The molecule has 0 radical (unpaired) electrons. The van der Waals surface area contributed by atoms with Crippen LogP contribution in [0.3, 0.4) is 0 Å². The van der Waals surface area contributed by atoms with E-state index in [1.807, 2.05) is 20.8 Å². The third-order valence-corrected chi connectivity index (χ3v) is 2.06. The molecule has 0 bridgehead atoms. The Kier molecular flexibility index (Phi) is 4.58. The second-order valence-electron chi connectivity index (χ2n) is 4.99. The molecule has 0 aromatic rings. The fourth-order valence-electron chi connectivity index (χ4n) is 1.43. The molecule has 0 aromatic heterocycles. The zero-order valence-electron chi connectivity index (χ0n) is 10.4. The second-order valence-corrected chi connectivity index (χ2v) is 4.99. The van der Waals surface area contributed by atoms with Gasteiger partial charge in [0.05, 0.1) is 0 Å². The summed E-state index contributed by atoms with van der Waals surface area (Å²) in [6.45, 7) is 8.37. The smallest absolute Gasteiger partial charge is 0.222 e. The Bertz CT molecular complexity index is 268. The summed E-state index contributed by atoms with van der Waals surface area (Å²) in [5.41, 5.74) is -0.155. The zero-order chi connectivity index (χ0) is 12.0. The van der Waals surface area contributed by atoms with Crippen LogP contribution in [-0.2, 0) is 4.79 Å². The van der Waals surface area contributed by atoms with E-state index in [1.54, 1.807) is 0 Å². The van der Waals surface area contributed by atoms with Crippen molar-refractivity contribution in [3.05, 3.63) is 0 Å². The number of hydrogen-bond donors (Lipinski definition) is 3. The Hall–Kier alpha value is -1.26. The number of nitrogens with one attached hydrogen (secondary N) is 3. The predicted octanol–water partition coefficient (Wildman–Crippen LogP) is 0.230. The number of carbonyl (C=O) groups excluding carboxylic acids is 1. The van der Waals surface area contributed by atoms with Crippen molar-refractivity contribution in [1.82, 2.24) is 16.0 Å². The maximum Gasteiger partial charge on any atom is 0.222 e. The minimum atomic E-state index is -0.155. The van der Waals surface area contributed by atoms with Gasteiger partial charge in [0, 0.05) is 31.6 Å². The highest BCUT2D eigenvalue weighted by molar-refractivity contribution is 5.81. The number of amides is 1. The fourth-order valence-corrected chi connectivity index (χ4v) is 1.43. The van der Waals surface area contributed by atoms with Gasteiger partial charge in [-0.2, -0.15) is 0 Å². The van der Waals surface area contributed by atoms with Crippen molar-refractivity contribution in [2.75, 3.05) is 19.6 Å². The van der Waals surface area contributed by atoms with Crippen LogP contribution in [0.25, 0.3) is 0 Å². The average molecular weight is 226 g/mol. The summed E-state index contributed by atoms with van der Waals surface area (Å²) in [7, 11) is 0. The molecule has 1 rings (SSSR count). The summed E-state index contributed by atoms with van der Waals surface area (Å²) in [6, 6.07) is 0. The molecule has 1 aliphatic heterocycles. The van der Waals surface area contributed by atoms with Gasteiger partial charge in [-0.15, -0.1) is 0 Å². The zero-order valence-corrected chi connectivity index (χ0v) is 10.4. The van der Waals surface area contributed by atoms with E-state index in [4.69, 9.17) is 0 Å². The molecule has 5 nitrogen and oxygen atoms in total. The van der Waals surface area contributed by atoms with Gasteiger partial charge in [-0.3, -0.25) is 9.79 Å². The molecule has 0 aromatic carbocycles. The number of guanidine groups is 1. The molecule has 5 heteroatoms. The summed E-state index contributed by atoms with van der Waals surface area (Å²) in [5.74, 6) is 0.881. The first-order chi connectivity index (χ1) is 7.47.